The molecule has 0 aliphatic carbocycles. The normalized spacial score (nSPS) is 11.9. The maximum absolute atomic E-state index is 11.3. The molecule has 0 fully saturated rings. The van der Waals surface area contributed by atoms with Crippen molar-refractivity contribution >= 4 is 29.8 Å². The third-order valence-corrected chi connectivity index (χ3v) is 6.48. The van der Waals surface area contributed by atoms with Gasteiger partial charge in [-0.3, -0.25) is 4.79 Å². The molecule has 0 amide bonds. The minimum absolute atomic E-state index is 0.670. The number of benzene rings is 3. The van der Waals surface area contributed by atoms with Gasteiger partial charge in [-0.05, 0) is 29.4 Å². The summed E-state index contributed by atoms with van der Waals surface area (Å²) in [4.78, 5) is 11.3. The zero-order valence-electron chi connectivity index (χ0n) is 13.7. The molecular weight excluding hydrogens is 327 g/mol. The molecule has 1 N–H and O–H groups in total. The fourth-order valence-electron chi connectivity index (χ4n) is 2.81. The van der Waals surface area contributed by atoms with Gasteiger partial charge in [0.15, 0.2) is 0 Å². The zero-order valence-corrected chi connectivity index (χ0v) is 14.6. The second kappa shape index (κ2) is 7.92. The molecule has 0 aliphatic heterocycles. The smallest absolute Gasteiger partial charge is 0.314 e. The van der Waals surface area contributed by atoms with Crippen LogP contribution < -0.4 is 15.9 Å². The van der Waals surface area contributed by atoms with Crippen LogP contribution in [-0.2, 0) is 4.79 Å². The Kier molecular flexibility index (Phi) is 5.42. The lowest BCUT2D eigenvalue weighted by molar-refractivity contribution is -0.137. The first-order chi connectivity index (χ1) is 12.2. The fourth-order valence-corrected chi connectivity index (χ4v) is 5.09. The lowest BCUT2D eigenvalue weighted by Crippen LogP contribution is -2.20. The number of hydrogen-bond donors (Lipinski definition) is 1. The topological polar surface area (TPSA) is 37.3 Å². The first-order valence-corrected chi connectivity index (χ1v) is 9.40. The standard InChI is InChI=1S/C22H19O2P/c1-2-21(22(23)24)17-13-15-20(16-14-17)25(18-9-5-3-6-10-18)19-11-7-4-8-12-19/h2-16,21H,1H2,(H,23,24). The zero-order chi connectivity index (χ0) is 17.6. The number of rotatable bonds is 6. The van der Waals surface area contributed by atoms with Gasteiger partial charge in [0, 0.05) is 0 Å². The van der Waals surface area contributed by atoms with Crippen molar-refractivity contribution in [3.05, 3.63) is 103 Å². The Morgan fingerprint density at radius 1 is 0.800 bits per heavy atom. The molecule has 0 aliphatic rings. The minimum atomic E-state index is -0.879. The second-order valence-corrected chi connectivity index (χ2v) is 7.87. The molecule has 0 aromatic heterocycles. The van der Waals surface area contributed by atoms with Crippen LogP contribution in [0, 0.1) is 0 Å². The van der Waals surface area contributed by atoms with Crippen LogP contribution in [0.25, 0.3) is 0 Å². The SMILES string of the molecule is C=CC(C(=O)O)c1ccc(P(c2ccccc2)c2ccccc2)cc1. The maximum Gasteiger partial charge on any atom is 0.314 e. The molecular formula is C22H19O2P. The van der Waals surface area contributed by atoms with Gasteiger partial charge in [0.2, 0.25) is 0 Å². The molecule has 0 spiro atoms. The molecule has 3 heteroatoms. The van der Waals surface area contributed by atoms with Crippen molar-refractivity contribution in [2.75, 3.05) is 0 Å². The second-order valence-electron chi connectivity index (χ2n) is 5.65. The molecule has 0 saturated carbocycles. The molecule has 3 rings (SSSR count). The van der Waals surface area contributed by atoms with Crippen molar-refractivity contribution in [2.24, 2.45) is 0 Å². The molecule has 124 valence electrons. The summed E-state index contributed by atoms with van der Waals surface area (Å²) in [6.45, 7) is 3.63. The molecule has 0 radical (unpaired) electrons. The van der Waals surface area contributed by atoms with E-state index in [1.807, 2.05) is 36.4 Å². The van der Waals surface area contributed by atoms with Crippen LogP contribution in [0.2, 0.25) is 0 Å². The molecule has 1 atom stereocenters. The lowest BCUT2D eigenvalue weighted by atomic mass is 10.00. The van der Waals surface area contributed by atoms with Crippen LogP contribution in [0.3, 0.4) is 0 Å². The highest BCUT2D eigenvalue weighted by Crippen LogP contribution is 2.33. The maximum atomic E-state index is 11.3. The molecule has 0 saturated heterocycles. The third kappa shape index (κ3) is 3.87. The van der Waals surface area contributed by atoms with Crippen LogP contribution in [-0.4, -0.2) is 11.1 Å². The summed E-state index contributed by atoms with van der Waals surface area (Å²) < 4.78 is 0. The lowest BCUT2D eigenvalue weighted by Gasteiger charge is -2.20. The number of carboxylic acid groups (broad SMARTS) is 1. The molecule has 25 heavy (non-hydrogen) atoms. The fraction of sp³-hybridized carbons (Fsp3) is 0.0455. The summed E-state index contributed by atoms with van der Waals surface area (Å²) in [6.07, 6.45) is 1.47. The van der Waals surface area contributed by atoms with Crippen molar-refractivity contribution in [3.8, 4) is 0 Å². The molecule has 0 bridgehead atoms. The Balaban J connectivity index is 2.03. The van der Waals surface area contributed by atoms with E-state index in [4.69, 9.17) is 0 Å². The Hall–Kier alpha value is -2.70. The van der Waals surface area contributed by atoms with Gasteiger partial charge in [0.05, 0.1) is 5.92 Å². The van der Waals surface area contributed by atoms with E-state index in [1.54, 1.807) is 0 Å². The van der Waals surface area contributed by atoms with E-state index in [1.165, 1.54) is 22.0 Å². The van der Waals surface area contributed by atoms with Gasteiger partial charge in [-0.1, -0.05) is 91.0 Å². The predicted octanol–water partition coefficient (Wildman–Crippen LogP) is 3.80. The van der Waals surface area contributed by atoms with Gasteiger partial charge >= 0.3 is 5.97 Å². The van der Waals surface area contributed by atoms with Gasteiger partial charge in [0.25, 0.3) is 0 Å². The summed E-state index contributed by atoms with van der Waals surface area (Å²) in [5.74, 6) is -1.55. The summed E-state index contributed by atoms with van der Waals surface area (Å²) in [7, 11) is -0.670. The van der Waals surface area contributed by atoms with Gasteiger partial charge in [-0.15, -0.1) is 6.58 Å². The number of hydrogen-bond acceptors (Lipinski definition) is 1. The van der Waals surface area contributed by atoms with Crippen LogP contribution in [0.4, 0.5) is 0 Å². The summed E-state index contributed by atoms with van der Waals surface area (Å²) in [5, 5.41) is 13.0. The highest BCUT2D eigenvalue weighted by atomic mass is 31.1. The summed E-state index contributed by atoms with van der Waals surface area (Å²) in [6, 6.07) is 28.7. The van der Waals surface area contributed by atoms with Crippen LogP contribution in [0.5, 0.6) is 0 Å². The minimum Gasteiger partial charge on any atom is -0.481 e. The summed E-state index contributed by atoms with van der Waals surface area (Å²) in [5.41, 5.74) is 0.752. The quantitative estimate of drug-likeness (QED) is 0.544. The predicted molar refractivity (Wildman–Crippen MR) is 106 cm³/mol. The highest BCUT2D eigenvalue weighted by Gasteiger charge is 2.19. The van der Waals surface area contributed by atoms with Gasteiger partial charge < -0.3 is 5.11 Å². The molecule has 3 aromatic rings. The van der Waals surface area contributed by atoms with Crippen molar-refractivity contribution in [1.29, 1.82) is 0 Å². The van der Waals surface area contributed by atoms with Crippen molar-refractivity contribution in [1.82, 2.24) is 0 Å². The first kappa shape index (κ1) is 17.1. The van der Waals surface area contributed by atoms with Crippen molar-refractivity contribution < 1.29 is 9.90 Å². The van der Waals surface area contributed by atoms with E-state index in [0.29, 0.717) is 0 Å². The first-order valence-electron chi connectivity index (χ1n) is 8.06. The average Bonchev–Trinajstić information content (AvgIpc) is 2.65. The van der Waals surface area contributed by atoms with Crippen LogP contribution in [0.15, 0.2) is 97.6 Å². The third-order valence-electron chi connectivity index (χ3n) is 4.04. The van der Waals surface area contributed by atoms with E-state index in [0.717, 1.165) is 5.56 Å². The van der Waals surface area contributed by atoms with Crippen LogP contribution in [0.1, 0.15) is 11.5 Å². The molecule has 1 unspecified atom stereocenters. The van der Waals surface area contributed by atoms with E-state index in [-0.39, 0.29) is 0 Å². The van der Waals surface area contributed by atoms with Crippen LogP contribution >= 0.6 is 7.92 Å². The Morgan fingerprint density at radius 2 is 1.24 bits per heavy atom. The van der Waals surface area contributed by atoms with Gasteiger partial charge in [0.1, 0.15) is 0 Å². The van der Waals surface area contributed by atoms with Crippen molar-refractivity contribution in [2.45, 2.75) is 5.92 Å². The van der Waals surface area contributed by atoms with E-state index in [9.17, 15) is 9.90 Å². The average molecular weight is 346 g/mol. The summed E-state index contributed by atoms with van der Waals surface area (Å²) >= 11 is 0. The highest BCUT2D eigenvalue weighted by molar-refractivity contribution is 7.79. The van der Waals surface area contributed by atoms with E-state index < -0.39 is 19.8 Å². The monoisotopic (exact) mass is 346 g/mol. The Morgan fingerprint density at radius 3 is 1.64 bits per heavy atom. The Labute approximate surface area is 149 Å². The Bertz CT molecular complexity index is 803. The van der Waals surface area contributed by atoms with E-state index >= 15 is 0 Å². The number of aliphatic carboxylic acids is 1. The van der Waals surface area contributed by atoms with Gasteiger partial charge in [-0.25, -0.2) is 0 Å². The van der Waals surface area contributed by atoms with Crippen molar-refractivity contribution in [3.63, 3.8) is 0 Å². The number of carboxylic acids is 1. The number of carbonyl (C=O) groups is 1. The molecule has 0 heterocycles. The largest absolute Gasteiger partial charge is 0.481 e. The molecule has 3 aromatic carbocycles. The molecule has 2 nitrogen and oxygen atoms in total. The van der Waals surface area contributed by atoms with Gasteiger partial charge in [-0.2, -0.15) is 0 Å². The van der Waals surface area contributed by atoms with E-state index in [2.05, 4.69) is 55.1 Å².